The van der Waals surface area contributed by atoms with Crippen molar-refractivity contribution in [1.29, 1.82) is 0 Å². The fourth-order valence-electron chi connectivity index (χ4n) is 3.59. The minimum absolute atomic E-state index is 0.113. The van der Waals surface area contributed by atoms with Crippen LogP contribution in [0.5, 0.6) is 0 Å². The van der Waals surface area contributed by atoms with Gasteiger partial charge in [-0.05, 0) is 42.8 Å². The molecule has 0 fully saturated rings. The van der Waals surface area contributed by atoms with Crippen molar-refractivity contribution < 1.29 is 35.9 Å². The standard InChI is InChI=1S/C23H15F6N5O2/c1-10-19(20(23(27,28)29)33-34(10)9-11-5-6-13(24)15(26)7-11)32-22(36)17-8-12(21(30)35)18-14(25)3-2-4-16(18)31-17/h2-8H,9H2,1H3,(H2,30,35)(H,32,36). The van der Waals surface area contributed by atoms with E-state index < -0.39 is 52.5 Å². The van der Waals surface area contributed by atoms with Crippen LogP contribution in [0.25, 0.3) is 10.9 Å². The van der Waals surface area contributed by atoms with Crippen LogP contribution in [-0.4, -0.2) is 26.6 Å². The van der Waals surface area contributed by atoms with E-state index in [4.69, 9.17) is 5.73 Å². The molecule has 0 spiro atoms. The number of amides is 2. The molecule has 0 radical (unpaired) electrons. The summed E-state index contributed by atoms with van der Waals surface area (Å²) in [7, 11) is 0. The largest absolute Gasteiger partial charge is 0.437 e. The topological polar surface area (TPSA) is 103 Å². The number of carbonyl (C=O) groups is 2. The van der Waals surface area contributed by atoms with E-state index in [-0.39, 0.29) is 34.3 Å². The molecular formula is C23H15F6N5O2. The first-order chi connectivity index (χ1) is 16.9. The van der Waals surface area contributed by atoms with Crippen molar-refractivity contribution in [3.05, 3.63) is 88.1 Å². The molecule has 0 aliphatic carbocycles. The van der Waals surface area contributed by atoms with Gasteiger partial charge >= 0.3 is 6.18 Å². The fourth-order valence-corrected chi connectivity index (χ4v) is 3.59. The van der Waals surface area contributed by atoms with Gasteiger partial charge in [0.15, 0.2) is 17.3 Å². The van der Waals surface area contributed by atoms with Gasteiger partial charge in [0.05, 0.1) is 29.0 Å². The van der Waals surface area contributed by atoms with Crippen LogP contribution >= 0.6 is 0 Å². The van der Waals surface area contributed by atoms with Crippen LogP contribution in [0.2, 0.25) is 0 Å². The lowest BCUT2D eigenvalue weighted by molar-refractivity contribution is -0.140. The summed E-state index contributed by atoms with van der Waals surface area (Å²) in [6.45, 7) is 0.872. The Morgan fingerprint density at radius 1 is 1.03 bits per heavy atom. The lowest BCUT2D eigenvalue weighted by Crippen LogP contribution is -2.20. The number of hydrogen-bond donors (Lipinski definition) is 2. The minimum Gasteiger partial charge on any atom is -0.366 e. The molecule has 2 aromatic heterocycles. The highest BCUT2D eigenvalue weighted by Crippen LogP contribution is 2.36. The highest BCUT2D eigenvalue weighted by molar-refractivity contribution is 6.10. The number of pyridine rings is 1. The smallest absolute Gasteiger partial charge is 0.366 e. The second-order valence-corrected chi connectivity index (χ2v) is 7.72. The predicted molar refractivity (Wildman–Crippen MR) is 116 cm³/mol. The average molecular weight is 507 g/mol. The summed E-state index contributed by atoms with van der Waals surface area (Å²) < 4.78 is 83.0. The second kappa shape index (κ2) is 8.98. The Balaban J connectivity index is 1.75. The first-order valence-electron chi connectivity index (χ1n) is 10.2. The Hall–Kier alpha value is -4.42. The number of nitrogens with one attached hydrogen (secondary N) is 1. The number of nitrogens with two attached hydrogens (primary N) is 1. The molecule has 4 aromatic rings. The first-order valence-corrected chi connectivity index (χ1v) is 10.2. The number of aromatic nitrogens is 3. The molecule has 36 heavy (non-hydrogen) atoms. The summed E-state index contributed by atoms with van der Waals surface area (Å²) in [6.07, 6.45) is -5.00. The first kappa shape index (κ1) is 24.7. The quantitative estimate of drug-likeness (QED) is 0.386. The van der Waals surface area contributed by atoms with E-state index in [1.807, 2.05) is 0 Å². The van der Waals surface area contributed by atoms with Gasteiger partial charge < -0.3 is 11.1 Å². The van der Waals surface area contributed by atoms with Gasteiger partial charge in [0.1, 0.15) is 11.5 Å². The van der Waals surface area contributed by atoms with Crippen molar-refractivity contribution in [2.24, 2.45) is 5.73 Å². The maximum atomic E-state index is 14.2. The number of primary amides is 1. The third-order valence-electron chi connectivity index (χ3n) is 5.31. The minimum atomic E-state index is -5.00. The number of benzene rings is 2. The van der Waals surface area contributed by atoms with Gasteiger partial charge in [-0.15, -0.1) is 0 Å². The van der Waals surface area contributed by atoms with Crippen LogP contribution in [0, 0.1) is 24.4 Å². The highest BCUT2D eigenvalue weighted by Gasteiger charge is 2.39. The SMILES string of the molecule is Cc1c(NC(=O)c2cc(C(N)=O)c3c(F)cccc3n2)c(C(F)(F)F)nn1Cc1ccc(F)c(F)c1. The molecule has 0 aliphatic rings. The van der Waals surface area contributed by atoms with Crippen molar-refractivity contribution in [1.82, 2.24) is 14.8 Å². The van der Waals surface area contributed by atoms with E-state index in [1.165, 1.54) is 25.1 Å². The molecule has 7 nitrogen and oxygen atoms in total. The predicted octanol–water partition coefficient (Wildman–Crippen LogP) is 4.58. The summed E-state index contributed by atoms with van der Waals surface area (Å²) in [5, 5.41) is 5.35. The molecule has 0 aliphatic heterocycles. The van der Waals surface area contributed by atoms with Crippen molar-refractivity contribution >= 4 is 28.4 Å². The third kappa shape index (κ3) is 4.59. The molecule has 0 saturated carbocycles. The molecule has 2 amide bonds. The van der Waals surface area contributed by atoms with E-state index in [2.05, 4.69) is 15.4 Å². The van der Waals surface area contributed by atoms with Gasteiger partial charge in [-0.1, -0.05) is 12.1 Å². The van der Waals surface area contributed by atoms with Gasteiger partial charge in [0, 0.05) is 5.39 Å². The molecule has 186 valence electrons. The van der Waals surface area contributed by atoms with Gasteiger partial charge in [0.25, 0.3) is 5.91 Å². The van der Waals surface area contributed by atoms with E-state index in [0.717, 1.165) is 28.9 Å². The molecule has 0 atom stereocenters. The third-order valence-corrected chi connectivity index (χ3v) is 5.31. The lowest BCUT2D eigenvalue weighted by atomic mass is 10.1. The maximum absolute atomic E-state index is 14.2. The number of fused-ring (bicyclic) bond motifs is 1. The lowest BCUT2D eigenvalue weighted by Gasteiger charge is -2.11. The van der Waals surface area contributed by atoms with Crippen LogP contribution < -0.4 is 11.1 Å². The molecule has 0 unspecified atom stereocenters. The Kier molecular flexibility index (Phi) is 6.16. The number of rotatable bonds is 5. The molecule has 3 N–H and O–H groups in total. The van der Waals surface area contributed by atoms with Gasteiger partial charge in [-0.3, -0.25) is 14.3 Å². The molecule has 0 saturated heterocycles. The average Bonchev–Trinajstić information content (AvgIpc) is 3.11. The zero-order valence-corrected chi connectivity index (χ0v) is 18.3. The molecule has 0 bridgehead atoms. The Labute approximate surface area is 198 Å². The molecule has 4 rings (SSSR count). The van der Waals surface area contributed by atoms with Crippen LogP contribution in [0.15, 0.2) is 42.5 Å². The molecule has 2 aromatic carbocycles. The fraction of sp³-hybridized carbons (Fsp3) is 0.130. The normalized spacial score (nSPS) is 11.6. The van der Waals surface area contributed by atoms with Gasteiger partial charge in [-0.2, -0.15) is 18.3 Å². The number of carbonyl (C=O) groups excluding carboxylic acids is 2. The van der Waals surface area contributed by atoms with Crippen LogP contribution in [0.4, 0.5) is 32.0 Å². The summed E-state index contributed by atoms with van der Waals surface area (Å²) in [5.41, 5.74) is 2.11. The zero-order valence-electron chi connectivity index (χ0n) is 18.3. The number of hydrogen-bond acceptors (Lipinski definition) is 4. The highest BCUT2D eigenvalue weighted by atomic mass is 19.4. The van der Waals surface area contributed by atoms with Crippen LogP contribution in [0.3, 0.4) is 0 Å². The van der Waals surface area contributed by atoms with Crippen molar-refractivity contribution in [2.45, 2.75) is 19.6 Å². The molecule has 13 heteroatoms. The number of halogens is 6. The summed E-state index contributed by atoms with van der Waals surface area (Å²) >= 11 is 0. The Bertz CT molecular complexity index is 1530. The Morgan fingerprint density at radius 3 is 2.39 bits per heavy atom. The second-order valence-electron chi connectivity index (χ2n) is 7.72. The summed E-state index contributed by atoms with van der Waals surface area (Å²) in [6, 6.07) is 7.30. The monoisotopic (exact) mass is 507 g/mol. The van der Waals surface area contributed by atoms with Gasteiger partial charge in [0.2, 0.25) is 5.91 Å². The molecular weight excluding hydrogens is 492 g/mol. The van der Waals surface area contributed by atoms with E-state index in [1.54, 1.807) is 0 Å². The van der Waals surface area contributed by atoms with E-state index >= 15 is 0 Å². The molecule has 2 heterocycles. The van der Waals surface area contributed by atoms with Gasteiger partial charge in [-0.25, -0.2) is 18.2 Å². The summed E-state index contributed by atoms with van der Waals surface area (Å²) in [4.78, 5) is 28.7. The van der Waals surface area contributed by atoms with Crippen molar-refractivity contribution in [3.63, 3.8) is 0 Å². The van der Waals surface area contributed by atoms with Crippen molar-refractivity contribution in [2.75, 3.05) is 5.32 Å². The summed E-state index contributed by atoms with van der Waals surface area (Å²) in [5.74, 6) is -5.36. The maximum Gasteiger partial charge on any atom is 0.437 e. The number of alkyl halides is 3. The van der Waals surface area contributed by atoms with Crippen LogP contribution in [-0.2, 0) is 12.7 Å². The van der Waals surface area contributed by atoms with Crippen molar-refractivity contribution in [3.8, 4) is 0 Å². The number of nitrogens with zero attached hydrogens (tertiary/aromatic N) is 3. The van der Waals surface area contributed by atoms with E-state index in [9.17, 15) is 35.9 Å². The van der Waals surface area contributed by atoms with E-state index in [0.29, 0.717) is 0 Å². The Morgan fingerprint density at radius 2 is 1.75 bits per heavy atom. The zero-order chi connectivity index (χ0) is 26.4. The van der Waals surface area contributed by atoms with Crippen LogP contribution in [0.1, 0.15) is 37.8 Å². The number of anilines is 1.